The molecule has 1 aromatic rings. The largest absolute Gasteiger partial charge is 0.382 e. The number of aliphatic imine (C=N–C) groups is 1. The van der Waals surface area contributed by atoms with E-state index in [4.69, 9.17) is 9.47 Å². The van der Waals surface area contributed by atoms with Gasteiger partial charge in [-0.1, -0.05) is 30.3 Å². The summed E-state index contributed by atoms with van der Waals surface area (Å²) in [6, 6.07) is 11.6. The number of likely N-dealkylation sites (tertiary alicyclic amines) is 2. The lowest BCUT2D eigenvalue weighted by atomic mass is 9.83. The van der Waals surface area contributed by atoms with Crippen LogP contribution < -0.4 is 5.32 Å². The van der Waals surface area contributed by atoms with E-state index < -0.39 is 0 Å². The average molecular weight is 516 g/mol. The number of rotatable bonds is 8. The van der Waals surface area contributed by atoms with Crippen molar-refractivity contribution in [2.75, 3.05) is 60.2 Å². The van der Waals surface area contributed by atoms with E-state index in [0.717, 1.165) is 38.1 Å². The number of fused-ring (bicyclic) bond motifs is 1. The summed E-state index contributed by atoms with van der Waals surface area (Å²) in [6.45, 7) is 7.20. The molecule has 2 heterocycles. The molecular formula is C22H37IN4O2. The fourth-order valence-corrected chi connectivity index (χ4v) is 4.52. The predicted molar refractivity (Wildman–Crippen MR) is 129 cm³/mol. The fourth-order valence-electron chi connectivity index (χ4n) is 4.52. The third-order valence-corrected chi connectivity index (χ3v) is 5.88. The number of piperidine rings is 2. The molecular weight excluding hydrogens is 479 g/mol. The van der Waals surface area contributed by atoms with Crippen LogP contribution in [0, 0.1) is 5.92 Å². The SMILES string of the molecule is CN=C(NCCOCCOC)N1CCC2C(CCCN2Cc2ccccc2)C1.I. The van der Waals surface area contributed by atoms with E-state index in [1.54, 1.807) is 7.11 Å². The van der Waals surface area contributed by atoms with Crippen molar-refractivity contribution in [3.63, 3.8) is 0 Å². The summed E-state index contributed by atoms with van der Waals surface area (Å²) in [4.78, 5) is 9.65. The Morgan fingerprint density at radius 1 is 1.14 bits per heavy atom. The van der Waals surface area contributed by atoms with Crippen LogP contribution in [0.1, 0.15) is 24.8 Å². The molecule has 0 aliphatic carbocycles. The van der Waals surface area contributed by atoms with Crippen LogP contribution in [0.4, 0.5) is 0 Å². The van der Waals surface area contributed by atoms with Crippen LogP contribution >= 0.6 is 24.0 Å². The second kappa shape index (κ2) is 13.4. The van der Waals surface area contributed by atoms with Crippen molar-refractivity contribution in [2.24, 2.45) is 10.9 Å². The number of halogens is 1. The molecule has 2 saturated heterocycles. The van der Waals surface area contributed by atoms with Crippen molar-refractivity contribution in [1.82, 2.24) is 15.1 Å². The van der Waals surface area contributed by atoms with Gasteiger partial charge in [0.25, 0.3) is 0 Å². The number of methoxy groups -OCH3 is 1. The zero-order valence-corrected chi connectivity index (χ0v) is 20.2. The van der Waals surface area contributed by atoms with Gasteiger partial charge in [-0.15, -0.1) is 24.0 Å². The molecule has 0 radical (unpaired) electrons. The van der Waals surface area contributed by atoms with Crippen molar-refractivity contribution in [2.45, 2.75) is 31.8 Å². The van der Waals surface area contributed by atoms with Gasteiger partial charge in [0.15, 0.2) is 5.96 Å². The van der Waals surface area contributed by atoms with Crippen LogP contribution in [0.25, 0.3) is 0 Å². The van der Waals surface area contributed by atoms with E-state index in [0.29, 0.717) is 25.9 Å². The highest BCUT2D eigenvalue weighted by Crippen LogP contribution is 2.31. The van der Waals surface area contributed by atoms with E-state index in [-0.39, 0.29) is 24.0 Å². The Kier molecular flexibility index (Phi) is 11.3. The van der Waals surface area contributed by atoms with Crippen molar-refractivity contribution in [1.29, 1.82) is 0 Å². The Balaban J connectivity index is 0.00000300. The zero-order chi connectivity index (χ0) is 19.6. The van der Waals surface area contributed by atoms with Crippen LogP contribution in [0.3, 0.4) is 0 Å². The quantitative estimate of drug-likeness (QED) is 0.249. The Bertz CT molecular complexity index is 602. The predicted octanol–water partition coefficient (Wildman–Crippen LogP) is 2.83. The maximum atomic E-state index is 5.55. The van der Waals surface area contributed by atoms with E-state index >= 15 is 0 Å². The molecule has 0 spiro atoms. The molecule has 2 atom stereocenters. The molecule has 0 saturated carbocycles. The van der Waals surface area contributed by atoms with Crippen molar-refractivity contribution in [3.8, 4) is 0 Å². The minimum Gasteiger partial charge on any atom is -0.382 e. The number of hydrogen-bond donors (Lipinski definition) is 1. The first-order valence-electron chi connectivity index (χ1n) is 10.6. The summed E-state index contributed by atoms with van der Waals surface area (Å²) < 4.78 is 10.5. The number of benzene rings is 1. The molecule has 1 aromatic carbocycles. The first-order valence-corrected chi connectivity index (χ1v) is 10.6. The normalized spacial score (nSPS) is 22.7. The maximum Gasteiger partial charge on any atom is 0.193 e. The standard InChI is InChI=1S/C22H36N4O2.HI/c1-23-22(24-11-14-28-16-15-27-2)26-13-10-21-20(18-26)9-6-12-25(21)17-19-7-4-3-5-8-19;/h3-5,7-8,20-21H,6,9-18H2,1-2H3,(H,23,24);1H. The third kappa shape index (κ3) is 7.38. The van der Waals surface area contributed by atoms with E-state index in [2.05, 4.69) is 50.4 Å². The molecule has 164 valence electrons. The van der Waals surface area contributed by atoms with Crippen molar-refractivity contribution < 1.29 is 9.47 Å². The molecule has 6 nitrogen and oxygen atoms in total. The Hall–Kier alpha value is -0.900. The number of guanidine groups is 1. The number of hydrogen-bond acceptors (Lipinski definition) is 4. The zero-order valence-electron chi connectivity index (χ0n) is 17.9. The van der Waals surface area contributed by atoms with Crippen LogP contribution in [-0.4, -0.2) is 82.0 Å². The minimum atomic E-state index is 0. The topological polar surface area (TPSA) is 49.3 Å². The van der Waals surface area contributed by atoms with Crippen molar-refractivity contribution in [3.05, 3.63) is 35.9 Å². The van der Waals surface area contributed by atoms with E-state index in [1.807, 2.05) is 7.05 Å². The lowest BCUT2D eigenvalue weighted by Crippen LogP contribution is -2.56. The molecule has 0 bridgehead atoms. The molecule has 0 aromatic heterocycles. The van der Waals surface area contributed by atoms with Gasteiger partial charge >= 0.3 is 0 Å². The molecule has 2 unspecified atom stereocenters. The van der Waals surface area contributed by atoms with Crippen LogP contribution in [0.2, 0.25) is 0 Å². The van der Waals surface area contributed by atoms with Gasteiger partial charge in [0.2, 0.25) is 0 Å². The van der Waals surface area contributed by atoms with Crippen LogP contribution in [-0.2, 0) is 16.0 Å². The molecule has 1 N–H and O–H groups in total. The molecule has 3 rings (SSSR count). The Morgan fingerprint density at radius 3 is 2.72 bits per heavy atom. The molecule has 2 aliphatic rings. The second-order valence-corrected chi connectivity index (χ2v) is 7.74. The maximum absolute atomic E-state index is 5.55. The summed E-state index contributed by atoms with van der Waals surface area (Å²) in [5.41, 5.74) is 1.43. The van der Waals surface area contributed by atoms with Gasteiger partial charge in [0, 0.05) is 46.4 Å². The van der Waals surface area contributed by atoms with Gasteiger partial charge < -0.3 is 19.7 Å². The smallest absolute Gasteiger partial charge is 0.193 e. The summed E-state index contributed by atoms with van der Waals surface area (Å²) in [7, 11) is 3.57. The summed E-state index contributed by atoms with van der Waals surface area (Å²) in [5.74, 6) is 1.73. The highest BCUT2D eigenvalue weighted by Gasteiger charge is 2.36. The van der Waals surface area contributed by atoms with Gasteiger partial charge in [-0.25, -0.2) is 0 Å². The highest BCUT2D eigenvalue weighted by molar-refractivity contribution is 14.0. The van der Waals surface area contributed by atoms with Gasteiger partial charge in [-0.05, 0) is 37.3 Å². The summed E-state index contributed by atoms with van der Waals surface area (Å²) >= 11 is 0. The van der Waals surface area contributed by atoms with Gasteiger partial charge in [-0.3, -0.25) is 9.89 Å². The number of nitrogens with one attached hydrogen (secondary N) is 1. The highest BCUT2D eigenvalue weighted by atomic mass is 127. The minimum absolute atomic E-state index is 0. The third-order valence-electron chi connectivity index (χ3n) is 5.88. The lowest BCUT2D eigenvalue weighted by Gasteiger charge is -2.48. The first kappa shape index (κ1) is 24.4. The summed E-state index contributed by atoms with van der Waals surface area (Å²) in [6.07, 6.45) is 3.83. The van der Waals surface area contributed by atoms with E-state index in [1.165, 1.54) is 31.4 Å². The van der Waals surface area contributed by atoms with Crippen LogP contribution in [0.15, 0.2) is 35.3 Å². The molecule has 0 amide bonds. The lowest BCUT2D eigenvalue weighted by molar-refractivity contribution is 0.0369. The molecule has 29 heavy (non-hydrogen) atoms. The van der Waals surface area contributed by atoms with Gasteiger partial charge in [0.05, 0.1) is 19.8 Å². The molecule has 2 aliphatic heterocycles. The van der Waals surface area contributed by atoms with Crippen molar-refractivity contribution >= 4 is 29.9 Å². The first-order chi connectivity index (χ1) is 13.8. The second-order valence-electron chi connectivity index (χ2n) is 7.74. The average Bonchev–Trinajstić information content (AvgIpc) is 2.74. The molecule has 2 fully saturated rings. The monoisotopic (exact) mass is 516 g/mol. The van der Waals surface area contributed by atoms with Crippen LogP contribution in [0.5, 0.6) is 0 Å². The van der Waals surface area contributed by atoms with Gasteiger partial charge in [-0.2, -0.15) is 0 Å². The summed E-state index contributed by atoms with van der Waals surface area (Å²) in [5, 5.41) is 3.46. The Labute approximate surface area is 193 Å². The molecule has 7 heteroatoms. The Morgan fingerprint density at radius 2 is 1.97 bits per heavy atom. The van der Waals surface area contributed by atoms with Gasteiger partial charge in [0.1, 0.15) is 0 Å². The fraction of sp³-hybridized carbons (Fsp3) is 0.682. The number of ether oxygens (including phenoxy) is 2. The number of nitrogens with zero attached hydrogens (tertiary/aromatic N) is 3. The van der Waals surface area contributed by atoms with E-state index in [9.17, 15) is 0 Å².